The topological polar surface area (TPSA) is 76.1 Å². The predicted molar refractivity (Wildman–Crippen MR) is 150 cm³/mol. The van der Waals surface area contributed by atoms with Gasteiger partial charge >= 0.3 is 6.18 Å². The maximum absolute atomic E-state index is 15.1. The number of ketones is 1. The second-order valence-corrected chi connectivity index (χ2v) is 10.1. The minimum absolute atomic E-state index is 0.0753. The Kier molecular flexibility index (Phi) is 9.22. The zero-order valence-corrected chi connectivity index (χ0v) is 23.7. The van der Waals surface area contributed by atoms with E-state index in [4.69, 9.17) is 35.3 Å². The number of carbonyl (C=O) groups is 1. The van der Waals surface area contributed by atoms with Crippen molar-refractivity contribution < 1.29 is 46.0 Å². The molecule has 43 heavy (non-hydrogen) atoms. The molecule has 0 N–H and O–H groups in total. The van der Waals surface area contributed by atoms with Gasteiger partial charge in [-0.05, 0) is 35.4 Å². The molecule has 4 aromatic rings. The second-order valence-electron chi connectivity index (χ2n) is 9.69. The van der Waals surface area contributed by atoms with Gasteiger partial charge in [0, 0.05) is 51.3 Å². The monoisotopic (exact) mass is 619 g/mol. The van der Waals surface area contributed by atoms with Gasteiger partial charge in [-0.2, -0.15) is 13.2 Å². The summed E-state index contributed by atoms with van der Waals surface area (Å²) < 4.78 is 83.3. The first kappa shape index (κ1) is 30.4. The first-order chi connectivity index (χ1) is 20.6. The minimum atomic E-state index is -4.66. The van der Waals surface area contributed by atoms with Crippen LogP contribution >= 0.6 is 11.6 Å². The zero-order valence-electron chi connectivity index (χ0n) is 22.9. The summed E-state index contributed by atoms with van der Waals surface area (Å²) in [6, 6.07) is 10.6. The number of ether oxygens (including phenoxy) is 5. The van der Waals surface area contributed by atoms with Crippen LogP contribution < -0.4 is 18.9 Å². The molecule has 1 aliphatic heterocycles. The van der Waals surface area contributed by atoms with Crippen molar-refractivity contribution in [1.82, 2.24) is 4.98 Å². The normalized spacial score (nSPS) is 12.8. The smallest absolute Gasteiger partial charge is 0.417 e. The molecule has 12 heteroatoms. The summed E-state index contributed by atoms with van der Waals surface area (Å²) in [4.78, 5) is 17.0. The number of pyridine rings is 1. The molecule has 0 saturated heterocycles. The summed E-state index contributed by atoms with van der Waals surface area (Å²) >= 11 is 5.65. The number of nitrogens with zero attached hydrogens (tertiary/aromatic N) is 1. The van der Waals surface area contributed by atoms with Crippen molar-refractivity contribution in [2.45, 2.75) is 25.4 Å². The molecule has 1 aliphatic rings. The van der Waals surface area contributed by atoms with Gasteiger partial charge in [0.15, 0.2) is 11.5 Å². The highest BCUT2D eigenvalue weighted by molar-refractivity contribution is 6.31. The first-order valence-electron chi connectivity index (χ1n) is 13.3. The average Bonchev–Trinajstić information content (AvgIpc) is 2.97. The summed E-state index contributed by atoms with van der Waals surface area (Å²) in [5.41, 5.74) is -0.307. The van der Waals surface area contributed by atoms with Crippen LogP contribution in [0, 0.1) is 5.82 Å². The van der Waals surface area contributed by atoms with E-state index in [2.05, 4.69) is 4.98 Å². The number of hydrogen-bond acceptors (Lipinski definition) is 7. The van der Waals surface area contributed by atoms with Crippen LogP contribution in [0.3, 0.4) is 0 Å². The van der Waals surface area contributed by atoms with Gasteiger partial charge in [-0.15, -0.1) is 0 Å². The molecule has 0 bridgehead atoms. The maximum Gasteiger partial charge on any atom is 0.417 e. The molecule has 3 aromatic carbocycles. The van der Waals surface area contributed by atoms with E-state index >= 15 is 4.39 Å². The van der Waals surface area contributed by atoms with Crippen LogP contribution in [-0.2, 0) is 28.5 Å². The minimum Gasteiger partial charge on any atom is -0.489 e. The molecule has 0 unspecified atom stereocenters. The molecule has 2 heterocycles. The van der Waals surface area contributed by atoms with Crippen molar-refractivity contribution in [2.75, 3.05) is 33.5 Å². The first-order valence-corrected chi connectivity index (χ1v) is 13.7. The number of aromatic nitrogens is 1. The highest BCUT2D eigenvalue weighted by atomic mass is 35.5. The molecular weight excluding hydrogens is 594 g/mol. The average molecular weight is 620 g/mol. The van der Waals surface area contributed by atoms with Crippen LogP contribution in [0.2, 0.25) is 5.02 Å². The molecule has 0 aliphatic carbocycles. The van der Waals surface area contributed by atoms with Crippen LogP contribution in [0.15, 0.2) is 54.7 Å². The molecule has 0 radical (unpaired) electrons. The van der Waals surface area contributed by atoms with Crippen molar-refractivity contribution in [3.63, 3.8) is 0 Å². The van der Waals surface area contributed by atoms with Gasteiger partial charge < -0.3 is 23.7 Å². The van der Waals surface area contributed by atoms with Gasteiger partial charge in [-0.1, -0.05) is 23.7 Å². The van der Waals surface area contributed by atoms with Crippen LogP contribution in [0.4, 0.5) is 17.6 Å². The summed E-state index contributed by atoms with van der Waals surface area (Å²) in [7, 11) is 1.61. The molecule has 5 rings (SSSR count). The Labute approximate surface area is 249 Å². The van der Waals surface area contributed by atoms with Gasteiger partial charge in [0.05, 0.1) is 28.1 Å². The molecular formula is C31H26ClF4NO6. The maximum atomic E-state index is 15.1. The molecule has 0 spiro atoms. The lowest BCUT2D eigenvalue weighted by molar-refractivity contribution is -0.137. The SMILES string of the molecule is COCCCOc1cc2nccc(Oc3ccc(CC(=O)Cc4ccc(Cl)c(C(F)(F)F)c4)c(F)c3)c2c2c1OCCO2. The third-order valence-electron chi connectivity index (χ3n) is 6.57. The van der Waals surface area contributed by atoms with Gasteiger partial charge in [0.25, 0.3) is 0 Å². The van der Waals surface area contributed by atoms with Crippen LogP contribution in [0.1, 0.15) is 23.1 Å². The van der Waals surface area contributed by atoms with Crippen LogP contribution in [-0.4, -0.2) is 44.3 Å². The number of carbonyl (C=O) groups excluding carboxylic acids is 1. The Balaban J connectivity index is 1.33. The summed E-state index contributed by atoms with van der Waals surface area (Å²) in [5.74, 6) is 0.598. The summed E-state index contributed by atoms with van der Waals surface area (Å²) in [5, 5.41) is 0.0564. The molecule has 0 amide bonds. The fourth-order valence-electron chi connectivity index (χ4n) is 4.62. The fraction of sp³-hybridized carbons (Fsp3) is 0.290. The zero-order chi connectivity index (χ0) is 30.6. The van der Waals surface area contributed by atoms with Crippen molar-refractivity contribution in [3.8, 4) is 28.7 Å². The van der Waals surface area contributed by atoms with Gasteiger partial charge in [-0.3, -0.25) is 9.78 Å². The number of hydrogen-bond donors (Lipinski definition) is 0. The summed E-state index contributed by atoms with van der Waals surface area (Å²) in [6.07, 6.45) is -3.08. The number of methoxy groups -OCH3 is 1. The van der Waals surface area contributed by atoms with E-state index in [1.165, 1.54) is 24.4 Å². The molecule has 1 aromatic heterocycles. The number of rotatable bonds is 11. The van der Waals surface area contributed by atoms with Crippen molar-refractivity contribution in [1.29, 1.82) is 0 Å². The molecule has 7 nitrogen and oxygen atoms in total. The lowest BCUT2D eigenvalue weighted by Gasteiger charge is -2.23. The predicted octanol–water partition coefficient (Wildman–Crippen LogP) is 7.38. The Morgan fingerprint density at radius 1 is 0.977 bits per heavy atom. The number of Topliss-reactive ketones (excluding diaryl/α,β-unsaturated/α-hetero) is 1. The van der Waals surface area contributed by atoms with E-state index < -0.39 is 28.4 Å². The lowest BCUT2D eigenvalue weighted by atomic mass is 10.0. The van der Waals surface area contributed by atoms with E-state index in [1.54, 1.807) is 19.2 Å². The standard InChI is InChI=1S/C31H26ClF4NO6/c1-39-9-2-10-40-27-17-25-28(30-29(27)41-11-12-42-30)26(7-8-37-25)43-21-5-4-19(24(33)16-21)15-20(38)13-18-3-6-23(32)22(14-18)31(34,35)36/h3-8,14,16-17H,2,9-13,15H2,1H3. The quantitative estimate of drug-likeness (QED) is 0.128. The van der Waals surface area contributed by atoms with Gasteiger partial charge in [-0.25, -0.2) is 4.39 Å². The molecule has 0 saturated carbocycles. The fourth-order valence-corrected chi connectivity index (χ4v) is 4.84. The number of halogens is 5. The number of alkyl halides is 3. The van der Waals surface area contributed by atoms with Crippen molar-refractivity contribution >= 4 is 28.3 Å². The third-order valence-corrected chi connectivity index (χ3v) is 6.90. The Morgan fingerprint density at radius 2 is 1.77 bits per heavy atom. The van der Waals surface area contributed by atoms with Crippen LogP contribution in [0.5, 0.6) is 28.7 Å². The second kappa shape index (κ2) is 13.0. The third kappa shape index (κ3) is 7.11. The van der Waals surface area contributed by atoms with Crippen LogP contribution in [0.25, 0.3) is 10.9 Å². The Bertz CT molecular complexity index is 1650. The Morgan fingerprint density at radius 3 is 2.51 bits per heavy atom. The lowest BCUT2D eigenvalue weighted by Crippen LogP contribution is -2.17. The number of benzene rings is 3. The van der Waals surface area contributed by atoms with E-state index in [9.17, 15) is 18.0 Å². The highest BCUT2D eigenvalue weighted by Gasteiger charge is 2.33. The molecule has 0 atom stereocenters. The van der Waals surface area contributed by atoms with E-state index in [0.717, 1.165) is 18.2 Å². The van der Waals surface area contributed by atoms with Gasteiger partial charge in [0.2, 0.25) is 5.75 Å². The van der Waals surface area contributed by atoms with Crippen molar-refractivity contribution in [3.05, 3.63) is 82.3 Å². The highest BCUT2D eigenvalue weighted by Crippen LogP contribution is 2.48. The van der Waals surface area contributed by atoms with Crippen molar-refractivity contribution in [2.24, 2.45) is 0 Å². The molecule has 0 fully saturated rings. The van der Waals surface area contributed by atoms with E-state index in [1.807, 2.05) is 0 Å². The summed E-state index contributed by atoms with van der Waals surface area (Å²) in [6.45, 7) is 1.57. The molecule has 226 valence electrons. The Hall–Kier alpha value is -4.09. The number of fused-ring (bicyclic) bond motifs is 3. The van der Waals surface area contributed by atoms with E-state index in [-0.39, 0.29) is 29.7 Å². The largest absolute Gasteiger partial charge is 0.489 e. The van der Waals surface area contributed by atoms with E-state index in [0.29, 0.717) is 66.7 Å². The van der Waals surface area contributed by atoms with Gasteiger partial charge in [0.1, 0.15) is 36.3 Å².